The number of ether oxygens (including phenoxy) is 1. The lowest BCUT2D eigenvalue weighted by Crippen LogP contribution is -2.51. The highest BCUT2D eigenvalue weighted by Crippen LogP contribution is 2.27. The van der Waals surface area contributed by atoms with E-state index in [0.717, 1.165) is 12.1 Å². The molecule has 0 radical (unpaired) electrons. The summed E-state index contributed by atoms with van der Waals surface area (Å²) in [6, 6.07) is 14.4. The minimum absolute atomic E-state index is 0.0708. The van der Waals surface area contributed by atoms with Crippen LogP contribution in [0.25, 0.3) is 0 Å². The van der Waals surface area contributed by atoms with Crippen molar-refractivity contribution in [3.8, 4) is 5.75 Å². The van der Waals surface area contributed by atoms with Crippen LogP contribution < -0.4 is 9.64 Å². The Hall–Kier alpha value is -2.42. The number of fused-ring (bicyclic) bond motifs is 1. The summed E-state index contributed by atoms with van der Waals surface area (Å²) >= 11 is 0. The highest BCUT2D eigenvalue weighted by Gasteiger charge is 2.31. The molecular formula is C21H25N3O4S. The normalized spacial score (nSPS) is 17.9. The Kier molecular flexibility index (Phi) is 5.58. The second-order valence-electron chi connectivity index (χ2n) is 7.28. The molecule has 1 saturated heterocycles. The number of nitrogens with zero attached hydrogens (tertiary/aromatic N) is 3. The maximum absolute atomic E-state index is 12.9. The number of anilines is 1. The Morgan fingerprint density at radius 1 is 0.966 bits per heavy atom. The van der Waals surface area contributed by atoms with Crippen LogP contribution in [0, 0.1) is 0 Å². The Morgan fingerprint density at radius 2 is 1.66 bits per heavy atom. The lowest BCUT2D eigenvalue weighted by molar-refractivity contribution is -0.119. The van der Waals surface area contributed by atoms with Gasteiger partial charge in [0.15, 0.2) is 0 Å². The molecule has 2 aliphatic rings. The van der Waals surface area contributed by atoms with Crippen LogP contribution in [0.15, 0.2) is 53.4 Å². The summed E-state index contributed by atoms with van der Waals surface area (Å²) in [6.07, 6.45) is 0.885. The van der Waals surface area contributed by atoms with E-state index in [2.05, 4.69) is 6.07 Å². The van der Waals surface area contributed by atoms with Gasteiger partial charge >= 0.3 is 0 Å². The van der Waals surface area contributed by atoms with E-state index in [1.807, 2.05) is 28.0 Å². The third-order valence-electron chi connectivity index (χ3n) is 5.58. The standard InChI is InChI=1S/C21H25N3O4S/c1-28-18-6-8-19(9-7-18)29(26,27)23-14-12-22(13-15-23)16-21(25)24-11-10-17-4-2-3-5-20(17)24/h2-9H,10-16H2,1H3. The first-order valence-corrected chi connectivity index (χ1v) is 11.2. The maximum atomic E-state index is 12.9. The van der Waals surface area contributed by atoms with Crippen LogP contribution in [0.4, 0.5) is 5.69 Å². The molecule has 0 N–H and O–H groups in total. The van der Waals surface area contributed by atoms with E-state index in [0.29, 0.717) is 45.0 Å². The molecule has 2 heterocycles. The van der Waals surface area contributed by atoms with Gasteiger partial charge in [0.05, 0.1) is 18.6 Å². The maximum Gasteiger partial charge on any atom is 0.243 e. The molecule has 0 aliphatic carbocycles. The van der Waals surface area contributed by atoms with Gasteiger partial charge in [-0.1, -0.05) is 18.2 Å². The second kappa shape index (κ2) is 8.14. The molecule has 1 fully saturated rings. The van der Waals surface area contributed by atoms with Crippen LogP contribution in [-0.4, -0.2) is 69.9 Å². The molecule has 0 aromatic heterocycles. The Labute approximate surface area is 171 Å². The van der Waals surface area contributed by atoms with E-state index in [1.54, 1.807) is 31.4 Å². The zero-order valence-corrected chi connectivity index (χ0v) is 17.3. The van der Waals surface area contributed by atoms with Gasteiger partial charge in [-0.15, -0.1) is 0 Å². The number of carbonyl (C=O) groups is 1. The minimum atomic E-state index is -3.54. The van der Waals surface area contributed by atoms with Crippen molar-refractivity contribution in [3.63, 3.8) is 0 Å². The van der Waals surface area contributed by atoms with Crippen LogP contribution >= 0.6 is 0 Å². The summed E-state index contributed by atoms with van der Waals surface area (Å²) in [4.78, 5) is 16.9. The number of para-hydroxylation sites is 1. The van der Waals surface area contributed by atoms with Gasteiger partial charge in [-0.05, 0) is 42.3 Å². The van der Waals surface area contributed by atoms with Gasteiger partial charge in [0.25, 0.3) is 0 Å². The number of benzene rings is 2. The van der Waals surface area contributed by atoms with Crippen LogP contribution in [0.5, 0.6) is 5.75 Å². The molecular weight excluding hydrogens is 390 g/mol. The first-order chi connectivity index (χ1) is 14.0. The number of hydrogen-bond acceptors (Lipinski definition) is 5. The molecule has 0 atom stereocenters. The molecule has 0 saturated carbocycles. The van der Waals surface area contributed by atoms with Crippen LogP contribution in [0.2, 0.25) is 0 Å². The number of methoxy groups -OCH3 is 1. The molecule has 29 heavy (non-hydrogen) atoms. The molecule has 0 unspecified atom stereocenters. The molecule has 2 aromatic rings. The highest BCUT2D eigenvalue weighted by molar-refractivity contribution is 7.89. The molecule has 7 nitrogen and oxygen atoms in total. The monoisotopic (exact) mass is 415 g/mol. The highest BCUT2D eigenvalue weighted by atomic mass is 32.2. The van der Waals surface area contributed by atoms with Crippen molar-refractivity contribution in [1.82, 2.24) is 9.21 Å². The molecule has 0 spiro atoms. The van der Waals surface area contributed by atoms with Crippen molar-refractivity contribution in [2.45, 2.75) is 11.3 Å². The Balaban J connectivity index is 1.35. The summed E-state index contributed by atoms with van der Waals surface area (Å²) in [7, 11) is -1.99. The smallest absolute Gasteiger partial charge is 0.243 e. The van der Waals surface area contributed by atoms with E-state index >= 15 is 0 Å². The van der Waals surface area contributed by atoms with E-state index in [4.69, 9.17) is 4.74 Å². The van der Waals surface area contributed by atoms with Crippen molar-refractivity contribution in [3.05, 3.63) is 54.1 Å². The number of amides is 1. The Morgan fingerprint density at radius 3 is 2.34 bits per heavy atom. The lowest BCUT2D eigenvalue weighted by Gasteiger charge is -2.34. The predicted molar refractivity (Wildman–Crippen MR) is 111 cm³/mol. The Bertz CT molecular complexity index is 983. The summed E-state index contributed by atoms with van der Waals surface area (Å²) in [5.41, 5.74) is 2.20. The number of carbonyl (C=O) groups excluding carboxylic acids is 1. The number of rotatable bonds is 5. The van der Waals surface area contributed by atoms with Crippen LogP contribution in [0.1, 0.15) is 5.56 Å². The second-order valence-corrected chi connectivity index (χ2v) is 9.22. The average molecular weight is 416 g/mol. The molecule has 0 bridgehead atoms. The molecule has 4 rings (SSSR count). The lowest BCUT2D eigenvalue weighted by atomic mass is 10.2. The predicted octanol–water partition coefficient (Wildman–Crippen LogP) is 1.59. The zero-order valence-electron chi connectivity index (χ0n) is 16.5. The number of hydrogen-bond donors (Lipinski definition) is 0. The van der Waals surface area contributed by atoms with Gasteiger partial charge in [-0.2, -0.15) is 4.31 Å². The summed E-state index contributed by atoms with van der Waals surface area (Å²) in [5.74, 6) is 0.692. The van der Waals surface area contributed by atoms with E-state index in [1.165, 1.54) is 9.87 Å². The third-order valence-corrected chi connectivity index (χ3v) is 7.49. The van der Waals surface area contributed by atoms with E-state index < -0.39 is 10.0 Å². The van der Waals surface area contributed by atoms with Crippen LogP contribution in [0.3, 0.4) is 0 Å². The summed E-state index contributed by atoms with van der Waals surface area (Å²) < 4.78 is 32.3. The van der Waals surface area contributed by atoms with Gasteiger partial charge in [0, 0.05) is 38.4 Å². The fourth-order valence-corrected chi connectivity index (χ4v) is 5.32. The van der Waals surface area contributed by atoms with Crippen molar-refractivity contribution >= 4 is 21.6 Å². The van der Waals surface area contributed by atoms with Crippen molar-refractivity contribution in [2.24, 2.45) is 0 Å². The summed E-state index contributed by atoms with van der Waals surface area (Å²) in [6.45, 7) is 2.85. The molecule has 2 aromatic carbocycles. The quantitative estimate of drug-likeness (QED) is 0.742. The summed E-state index contributed by atoms with van der Waals surface area (Å²) in [5, 5.41) is 0. The molecule has 154 valence electrons. The van der Waals surface area contributed by atoms with Gasteiger partial charge in [0.2, 0.25) is 15.9 Å². The van der Waals surface area contributed by atoms with Gasteiger partial charge in [0.1, 0.15) is 5.75 Å². The average Bonchev–Trinajstić information content (AvgIpc) is 3.18. The fraction of sp³-hybridized carbons (Fsp3) is 0.381. The topological polar surface area (TPSA) is 70.2 Å². The van der Waals surface area contributed by atoms with E-state index in [-0.39, 0.29) is 10.8 Å². The fourth-order valence-electron chi connectivity index (χ4n) is 3.90. The first kappa shape index (κ1) is 19.9. The minimum Gasteiger partial charge on any atom is -0.497 e. The van der Waals surface area contributed by atoms with Crippen molar-refractivity contribution < 1.29 is 17.9 Å². The number of sulfonamides is 1. The third kappa shape index (κ3) is 4.01. The van der Waals surface area contributed by atoms with Gasteiger partial charge in [-0.25, -0.2) is 8.42 Å². The van der Waals surface area contributed by atoms with Gasteiger partial charge in [-0.3, -0.25) is 9.69 Å². The number of piperazine rings is 1. The molecule has 1 amide bonds. The first-order valence-electron chi connectivity index (χ1n) is 9.74. The van der Waals surface area contributed by atoms with Crippen LogP contribution in [-0.2, 0) is 21.2 Å². The zero-order chi connectivity index (χ0) is 20.4. The van der Waals surface area contributed by atoms with Crippen molar-refractivity contribution in [1.29, 1.82) is 0 Å². The SMILES string of the molecule is COc1ccc(S(=O)(=O)N2CCN(CC(=O)N3CCc4ccccc43)CC2)cc1. The molecule has 2 aliphatic heterocycles. The largest absolute Gasteiger partial charge is 0.497 e. The van der Waals surface area contributed by atoms with Crippen molar-refractivity contribution in [2.75, 3.05) is 51.3 Å². The van der Waals surface area contributed by atoms with Gasteiger partial charge < -0.3 is 9.64 Å². The van der Waals surface area contributed by atoms with E-state index in [9.17, 15) is 13.2 Å². The molecule has 8 heteroatoms.